The number of anilines is 1. The molecule has 0 radical (unpaired) electrons. The number of rotatable bonds is 4. The number of esters is 1. The summed E-state index contributed by atoms with van der Waals surface area (Å²) in [5, 5.41) is 4.18. The van der Waals surface area contributed by atoms with Crippen LogP contribution in [0.15, 0.2) is 33.5 Å². The molecule has 0 aliphatic carbocycles. The molecule has 1 amide bonds. The van der Waals surface area contributed by atoms with Crippen LogP contribution in [0.1, 0.15) is 33.3 Å². The molecule has 1 N–H and O–H groups in total. The molecular formula is C19H21NO6. The van der Waals surface area contributed by atoms with Crippen molar-refractivity contribution in [1.82, 2.24) is 0 Å². The van der Waals surface area contributed by atoms with E-state index in [9.17, 15) is 9.59 Å². The highest BCUT2D eigenvalue weighted by Gasteiger charge is 2.21. The molecule has 26 heavy (non-hydrogen) atoms. The average molecular weight is 359 g/mol. The third-order valence-electron chi connectivity index (χ3n) is 3.63. The van der Waals surface area contributed by atoms with E-state index in [0.29, 0.717) is 29.0 Å². The molecule has 0 aliphatic heterocycles. The molecule has 0 saturated carbocycles. The SMILES string of the molecule is CCOC(=O)Cc1coc2cc(NC(=O)OC(C)(C)C)c3occc3c12. The number of fused-ring (bicyclic) bond motifs is 3. The van der Waals surface area contributed by atoms with Gasteiger partial charge in [0.05, 0.1) is 31.2 Å². The summed E-state index contributed by atoms with van der Waals surface area (Å²) < 4.78 is 21.4. The molecule has 2 heterocycles. The second kappa shape index (κ2) is 6.74. The quantitative estimate of drug-likeness (QED) is 0.683. The second-order valence-electron chi connectivity index (χ2n) is 6.83. The summed E-state index contributed by atoms with van der Waals surface area (Å²) in [7, 11) is 0. The Morgan fingerprint density at radius 2 is 2.00 bits per heavy atom. The van der Waals surface area contributed by atoms with E-state index in [1.807, 2.05) is 0 Å². The van der Waals surface area contributed by atoms with Gasteiger partial charge in [-0.25, -0.2) is 4.79 Å². The third kappa shape index (κ3) is 3.66. The van der Waals surface area contributed by atoms with E-state index in [4.69, 9.17) is 18.3 Å². The Balaban J connectivity index is 1.99. The van der Waals surface area contributed by atoms with Gasteiger partial charge in [-0.15, -0.1) is 0 Å². The van der Waals surface area contributed by atoms with E-state index in [0.717, 1.165) is 10.8 Å². The molecule has 1 aromatic carbocycles. The first-order valence-corrected chi connectivity index (χ1v) is 8.34. The molecule has 3 rings (SSSR count). The monoisotopic (exact) mass is 359 g/mol. The maximum atomic E-state index is 12.1. The summed E-state index contributed by atoms with van der Waals surface area (Å²) in [6.07, 6.45) is 2.55. The maximum absolute atomic E-state index is 12.1. The van der Waals surface area contributed by atoms with Crippen molar-refractivity contribution >= 4 is 39.7 Å². The van der Waals surface area contributed by atoms with Gasteiger partial charge in [0.1, 0.15) is 11.2 Å². The van der Waals surface area contributed by atoms with Crippen LogP contribution in [-0.2, 0) is 20.7 Å². The predicted molar refractivity (Wildman–Crippen MR) is 96.2 cm³/mol. The van der Waals surface area contributed by atoms with Crippen LogP contribution in [0, 0.1) is 0 Å². The number of carbonyl (C=O) groups is 2. The highest BCUT2D eigenvalue weighted by molar-refractivity contribution is 6.13. The van der Waals surface area contributed by atoms with Crippen LogP contribution in [0.3, 0.4) is 0 Å². The van der Waals surface area contributed by atoms with Crippen LogP contribution in [-0.4, -0.2) is 24.3 Å². The van der Waals surface area contributed by atoms with Crippen molar-refractivity contribution in [3.8, 4) is 0 Å². The number of hydrogen-bond donors (Lipinski definition) is 1. The van der Waals surface area contributed by atoms with Gasteiger partial charge in [-0.2, -0.15) is 0 Å². The second-order valence-corrected chi connectivity index (χ2v) is 6.83. The first-order chi connectivity index (χ1) is 12.3. The van der Waals surface area contributed by atoms with Gasteiger partial charge < -0.3 is 18.3 Å². The lowest BCUT2D eigenvalue weighted by Crippen LogP contribution is -2.27. The summed E-state index contributed by atoms with van der Waals surface area (Å²) in [5.74, 6) is -0.331. The van der Waals surface area contributed by atoms with Gasteiger partial charge in [0.2, 0.25) is 0 Å². The Labute approximate surface area is 150 Å². The van der Waals surface area contributed by atoms with Crippen molar-refractivity contribution in [3.05, 3.63) is 30.2 Å². The molecule has 0 spiro atoms. The fraction of sp³-hybridized carbons (Fsp3) is 0.368. The van der Waals surface area contributed by atoms with Crippen molar-refractivity contribution in [2.75, 3.05) is 11.9 Å². The fourth-order valence-electron chi connectivity index (χ4n) is 2.74. The standard InChI is InChI=1S/C19H21NO6/c1-5-23-15(21)8-11-10-25-14-9-13(20-18(22)26-19(2,3)4)17-12(16(11)14)6-7-24-17/h6-7,9-10H,5,8H2,1-4H3,(H,20,22). The van der Waals surface area contributed by atoms with E-state index < -0.39 is 11.7 Å². The number of ether oxygens (including phenoxy) is 2. The van der Waals surface area contributed by atoms with Crippen molar-refractivity contribution in [1.29, 1.82) is 0 Å². The lowest BCUT2D eigenvalue weighted by Gasteiger charge is -2.19. The summed E-state index contributed by atoms with van der Waals surface area (Å²) in [5.41, 5.74) is 1.53. The topological polar surface area (TPSA) is 90.9 Å². The molecule has 0 fully saturated rings. The number of benzene rings is 1. The largest absolute Gasteiger partial charge is 0.466 e. The van der Waals surface area contributed by atoms with Crippen molar-refractivity contribution in [2.45, 2.75) is 39.7 Å². The van der Waals surface area contributed by atoms with Crippen LogP contribution in [0.25, 0.3) is 21.9 Å². The van der Waals surface area contributed by atoms with E-state index in [2.05, 4.69) is 5.32 Å². The molecule has 0 bridgehead atoms. The summed E-state index contributed by atoms with van der Waals surface area (Å²) >= 11 is 0. The fourth-order valence-corrected chi connectivity index (χ4v) is 2.74. The van der Waals surface area contributed by atoms with Crippen LogP contribution in [0.2, 0.25) is 0 Å². The molecule has 0 saturated heterocycles. The molecule has 3 aromatic rings. The predicted octanol–water partition coefficient (Wildman–Crippen LogP) is 4.63. The highest BCUT2D eigenvalue weighted by atomic mass is 16.6. The van der Waals surface area contributed by atoms with Crippen LogP contribution in [0.5, 0.6) is 0 Å². The zero-order valence-electron chi connectivity index (χ0n) is 15.2. The lowest BCUT2D eigenvalue weighted by molar-refractivity contribution is -0.142. The van der Waals surface area contributed by atoms with Gasteiger partial charge in [0.25, 0.3) is 0 Å². The van der Waals surface area contributed by atoms with E-state index in [1.165, 1.54) is 12.5 Å². The molecule has 2 aromatic heterocycles. The smallest absolute Gasteiger partial charge is 0.412 e. The molecule has 0 aliphatic rings. The summed E-state index contributed by atoms with van der Waals surface area (Å²) in [6, 6.07) is 3.42. The van der Waals surface area contributed by atoms with E-state index in [-0.39, 0.29) is 12.4 Å². The number of nitrogens with one attached hydrogen (secondary N) is 1. The van der Waals surface area contributed by atoms with Gasteiger partial charge >= 0.3 is 12.1 Å². The molecular weight excluding hydrogens is 338 g/mol. The number of carbonyl (C=O) groups excluding carboxylic acids is 2. The Hall–Kier alpha value is -2.96. The van der Waals surface area contributed by atoms with Gasteiger partial charge in [0.15, 0.2) is 5.58 Å². The average Bonchev–Trinajstić information content (AvgIpc) is 3.12. The molecule has 7 heteroatoms. The Kier molecular flexibility index (Phi) is 4.63. The summed E-state index contributed by atoms with van der Waals surface area (Å²) in [4.78, 5) is 23.9. The zero-order valence-corrected chi connectivity index (χ0v) is 15.2. The first-order valence-electron chi connectivity index (χ1n) is 8.34. The molecule has 7 nitrogen and oxygen atoms in total. The van der Waals surface area contributed by atoms with E-state index >= 15 is 0 Å². The van der Waals surface area contributed by atoms with Crippen molar-refractivity contribution < 1.29 is 27.9 Å². The van der Waals surface area contributed by atoms with Gasteiger partial charge in [-0.1, -0.05) is 0 Å². The zero-order chi connectivity index (χ0) is 18.9. The Morgan fingerprint density at radius 3 is 2.69 bits per heavy atom. The first kappa shape index (κ1) is 17.8. The van der Waals surface area contributed by atoms with Crippen LogP contribution >= 0.6 is 0 Å². The molecule has 0 unspecified atom stereocenters. The number of furan rings is 2. The maximum Gasteiger partial charge on any atom is 0.412 e. The van der Waals surface area contributed by atoms with Crippen LogP contribution in [0.4, 0.5) is 10.5 Å². The van der Waals surface area contributed by atoms with Gasteiger partial charge in [0, 0.05) is 22.4 Å². The lowest BCUT2D eigenvalue weighted by atomic mass is 10.1. The van der Waals surface area contributed by atoms with E-state index in [1.54, 1.807) is 39.8 Å². The minimum Gasteiger partial charge on any atom is -0.466 e. The Morgan fingerprint density at radius 1 is 1.23 bits per heavy atom. The minimum absolute atomic E-state index is 0.0972. The van der Waals surface area contributed by atoms with Crippen molar-refractivity contribution in [2.24, 2.45) is 0 Å². The summed E-state index contributed by atoms with van der Waals surface area (Å²) in [6.45, 7) is 7.43. The highest BCUT2D eigenvalue weighted by Crippen LogP contribution is 2.36. The Bertz CT molecular complexity index is 960. The molecule has 0 atom stereocenters. The van der Waals surface area contributed by atoms with Gasteiger partial charge in [-0.3, -0.25) is 10.1 Å². The van der Waals surface area contributed by atoms with Crippen LogP contribution < -0.4 is 5.32 Å². The third-order valence-corrected chi connectivity index (χ3v) is 3.63. The van der Waals surface area contributed by atoms with Crippen molar-refractivity contribution in [3.63, 3.8) is 0 Å². The van der Waals surface area contributed by atoms with Gasteiger partial charge in [-0.05, 0) is 33.8 Å². The number of hydrogen-bond acceptors (Lipinski definition) is 6. The normalized spacial score (nSPS) is 11.7. The molecule has 138 valence electrons. The minimum atomic E-state index is -0.617. The number of amides is 1.